The second-order valence-corrected chi connectivity index (χ2v) is 6.00. The minimum Gasteiger partial charge on any atom is -0.340 e. The van der Waals surface area contributed by atoms with E-state index in [0.717, 1.165) is 6.42 Å². The molecule has 1 atom stereocenters. The highest BCUT2D eigenvalue weighted by Crippen LogP contribution is 2.33. The van der Waals surface area contributed by atoms with Gasteiger partial charge in [0.2, 0.25) is 11.8 Å². The Balaban J connectivity index is 1.48. The zero-order valence-electron chi connectivity index (χ0n) is 13.0. The van der Waals surface area contributed by atoms with Gasteiger partial charge in [-0.2, -0.15) is 9.97 Å². The fourth-order valence-electron chi connectivity index (χ4n) is 3.28. The van der Waals surface area contributed by atoms with Crippen molar-refractivity contribution in [1.29, 1.82) is 0 Å². The zero-order chi connectivity index (χ0) is 15.6. The fraction of sp³-hybridized carbons (Fsp3) is 0.412. The molecule has 0 saturated carbocycles. The van der Waals surface area contributed by atoms with Gasteiger partial charge in [0.25, 0.3) is 0 Å². The quantitative estimate of drug-likeness (QED) is 0.737. The van der Waals surface area contributed by atoms with Crippen LogP contribution in [0.15, 0.2) is 33.3 Å². The van der Waals surface area contributed by atoms with Gasteiger partial charge in [-0.1, -0.05) is 34.6 Å². The van der Waals surface area contributed by atoms with Gasteiger partial charge in [-0.25, -0.2) is 0 Å². The molecule has 0 spiro atoms. The van der Waals surface area contributed by atoms with Crippen LogP contribution in [0.1, 0.15) is 53.3 Å². The van der Waals surface area contributed by atoms with E-state index in [-0.39, 0.29) is 0 Å². The smallest absolute Gasteiger partial charge is 0.227 e. The van der Waals surface area contributed by atoms with Crippen molar-refractivity contribution in [2.45, 2.75) is 44.9 Å². The molecule has 1 aliphatic rings. The molecule has 4 rings (SSSR count). The molecule has 0 aliphatic heterocycles. The van der Waals surface area contributed by atoms with Crippen LogP contribution >= 0.6 is 0 Å². The molecule has 118 valence electrons. The van der Waals surface area contributed by atoms with Crippen LogP contribution in [-0.2, 0) is 19.3 Å². The summed E-state index contributed by atoms with van der Waals surface area (Å²) in [4.78, 5) is 8.64. The molecule has 2 heterocycles. The molecule has 0 bridgehead atoms. The molecule has 3 aromatic rings. The highest BCUT2D eigenvalue weighted by atomic mass is 16.5. The monoisotopic (exact) mass is 310 g/mol. The molecule has 1 aromatic carbocycles. The summed E-state index contributed by atoms with van der Waals surface area (Å²) in [6, 6.07) is 8.66. The first-order valence-corrected chi connectivity index (χ1v) is 7.96. The van der Waals surface area contributed by atoms with E-state index in [9.17, 15) is 0 Å². The van der Waals surface area contributed by atoms with Gasteiger partial charge in [-0.15, -0.1) is 0 Å². The first-order chi connectivity index (χ1) is 11.3. The highest BCUT2D eigenvalue weighted by Gasteiger charge is 2.22. The maximum atomic E-state index is 5.41. The molecule has 0 N–H and O–H groups in total. The van der Waals surface area contributed by atoms with Gasteiger partial charge in [0.1, 0.15) is 0 Å². The summed E-state index contributed by atoms with van der Waals surface area (Å²) in [5.41, 5.74) is 2.87. The lowest BCUT2D eigenvalue weighted by Crippen LogP contribution is -2.12. The number of hydrogen-bond donors (Lipinski definition) is 0. The van der Waals surface area contributed by atoms with Crippen LogP contribution in [0.5, 0.6) is 0 Å². The molecule has 1 aliphatic carbocycles. The molecule has 6 heteroatoms. The van der Waals surface area contributed by atoms with Crippen molar-refractivity contribution in [3.05, 3.63) is 58.8 Å². The van der Waals surface area contributed by atoms with Gasteiger partial charge in [-0.05, 0) is 36.3 Å². The number of aromatic nitrogens is 4. The predicted octanol–water partition coefficient (Wildman–Crippen LogP) is 3.01. The van der Waals surface area contributed by atoms with Gasteiger partial charge in [0, 0.05) is 13.3 Å². The van der Waals surface area contributed by atoms with Crippen LogP contribution in [0.4, 0.5) is 0 Å². The Hall–Kier alpha value is -2.50. The number of benzene rings is 1. The first-order valence-electron chi connectivity index (χ1n) is 7.96. The summed E-state index contributed by atoms with van der Waals surface area (Å²) in [5, 5.41) is 7.89. The lowest BCUT2D eigenvalue weighted by molar-refractivity contribution is 0.358. The molecular weight excluding hydrogens is 292 g/mol. The summed E-state index contributed by atoms with van der Waals surface area (Å²) in [7, 11) is 0. The number of fused-ring (bicyclic) bond motifs is 1. The van der Waals surface area contributed by atoms with E-state index in [1.807, 2.05) is 0 Å². The van der Waals surface area contributed by atoms with E-state index in [1.165, 1.54) is 30.4 Å². The number of nitrogens with zero attached hydrogens (tertiary/aromatic N) is 4. The maximum absolute atomic E-state index is 5.41. The van der Waals surface area contributed by atoms with Crippen molar-refractivity contribution in [2.75, 3.05) is 0 Å². The third kappa shape index (κ3) is 3.02. The molecule has 0 fully saturated rings. The lowest BCUT2D eigenvalue weighted by atomic mass is 9.81. The molecule has 0 saturated heterocycles. The predicted molar refractivity (Wildman–Crippen MR) is 82.0 cm³/mol. The molecule has 0 radical (unpaired) electrons. The van der Waals surface area contributed by atoms with Crippen LogP contribution in [-0.4, -0.2) is 20.3 Å². The first kappa shape index (κ1) is 14.1. The van der Waals surface area contributed by atoms with Crippen molar-refractivity contribution >= 4 is 0 Å². The van der Waals surface area contributed by atoms with E-state index in [0.29, 0.717) is 35.8 Å². The molecule has 2 aromatic heterocycles. The average molecular weight is 310 g/mol. The van der Waals surface area contributed by atoms with E-state index < -0.39 is 0 Å². The Bertz CT molecular complexity index is 808. The normalized spacial score (nSPS) is 17.2. The fourth-order valence-corrected chi connectivity index (χ4v) is 3.28. The van der Waals surface area contributed by atoms with Gasteiger partial charge < -0.3 is 9.05 Å². The Morgan fingerprint density at radius 2 is 1.91 bits per heavy atom. The summed E-state index contributed by atoms with van der Waals surface area (Å²) in [5.74, 6) is 2.87. The van der Waals surface area contributed by atoms with Crippen molar-refractivity contribution in [1.82, 2.24) is 20.3 Å². The van der Waals surface area contributed by atoms with Gasteiger partial charge in [0.05, 0.1) is 6.42 Å². The van der Waals surface area contributed by atoms with E-state index >= 15 is 0 Å². The Kier molecular flexibility index (Phi) is 3.65. The van der Waals surface area contributed by atoms with Crippen molar-refractivity contribution in [3.63, 3.8) is 0 Å². The van der Waals surface area contributed by atoms with Gasteiger partial charge >= 0.3 is 0 Å². The summed E-state index contributed by atoms with van der Waals surface area (Å²) < 4.78 is 10.4. The van der Waals surface area contributed by atoms with Crippen molar-refractivity contribution in [2.24, 2.45) is 0 Å². The third-order valence-corrected chi connectivity index (χ3v) is 4.31. The van der Waals surface area contributed by atoms with E-state index in [2.05, 4.69) is 44.5 Å². The second-order valence-electron chi connectivity index (χ2n) is 6.00. The summed E-state index contributed by atoms with van der Waals surface area (Å²) in [6.07, 6.45) is 4.76. The molecular formula is C17H18N4O2. The van der Waals surface area contributed by atoms with Gasteiger partial charge in [0.15, 0.2) is 11.6 Å². The van der Waals surface area contributed by atoms with Crippen LogP contribution in [0.2, 0.25) is 0 Å². The Morgan fingerprint density at radius 1 is 1.09 bits per heavy atom. The summed E-state index contributed by atoms with van der Waals surface area (Å²) >= 11 is 0. The molecule has 0 amide bonds. The van der Waals surface area contributed by atoms with Crippen LogP contribution in [0.3, 0.4) is 0 Å². The van der Waals surface area contributed by atoms with Crippen LogP contribution in [0.25, 0.3) is 0 Å². The van der Waals surface area contributed by atoms with Crippen molar-refractivity contribution in [3.8, 4) is 0 Å². The molecule has 23 heavy (non-hydrogen) atoms. The van der Waals surface area contributed by atoms with E-state index in [4.69, 9.17) is 9.05 Å². The third-order valence-electron chi connectivity index (χ3n) is 4.31. The minimum absolute atomic E-state index is 0.433. The Labute approximate surface area is 133 Å². The topological polar surface area (TPSA) is 77.8 Å². The highest BCUT2D eigenvalue weighted by molar-refractivity contribution is 5.33. The Morgan fingerprint density at radius 3 is 2.78 bits per heavy atom. The number of hydrogen-bond acceptors (Lipinski definition) is 6. The second kappa shape index (κ2) is 5.95. The van der Waals surface area contributed by atoms with Gasteiger partial charge in [-0.3, -0.25) is 0 Å². The number of rotatable bonds is 4. The standard InChI is InChI=1S/C17H18N4O2/c1-11-18-15(20-22-11)10-16-19-17(23-21-16)9-13-7-4-6-12-5-2-3-8-14(12)13/h2-3,5,8,13H,4,6-7,9-10H2,1H3. The zero-order valence-corrected chi connectivity index (χ0v) is 13.0. The van der Waals surface area contributed by atoms with Crippen LogP contribution in [0, 0.1) is 6.92 Å². The minimum atomic E-state index is 0.433. The maximum Gasteiger partial charge on any atom is 0.227 e. The SMILES string of the molecule is Cc1nc(Cc2noc(CC3CCCc4ccccc43)n2)no1. The van der Waals surface area contributed by atoms with Crippen molar-refractivity contribution < 1.29 is 9.05 Å². The average Bonchev–Trinajstić information content (AvgIpc) is 3.17. The van der Waals surface area contributed by atoms with Crippen LogP contribution < -0.4 is 0 Å². The lowest BCUT2D eigenvalue weighted by Gasteiger charge is -2.24. The van der Waals surface area contributed by atoms with E-state index in [1.54, 1.807) is 6.92 Å². The largest absolute Gasteiger partial charge is 0.340 e. The summed E-state index contributed by atoms with van der Waals surface area (Å²) in [6.45, 7) is 1.76. The molecule has 6 nitrogen and oxygen atoms in total. The number of aryl methyl sites for hydroxylation is 2. The molecule has 1 unspecified atom stereocenters.